The van der Waals surface area contributed by atoms with Gasteiger partial charge in [0.1, 0.15) is 6.10 Å². The van der Waals surface area contributed by atoms with Crippen LogP contribution in [-0.4, -0.2) is 24.3 Å². The SMILES string of the molecule is O=C(C(=O)C1CO1)c1ccccc1. The van der Waals surface area contributed by atoms with Crippen LogP contribution in [0.1, 0.15) is 10.4 Å². The minimum atomic E-state index is -0.479. The number of benzene rings is 1. The van der Waals surface area contributed by atoms with Crippen LogP contribution in [0.15, 0.2) is 30.3 Å². The van der Waals surface area contributed by atoms with Gasteiger partial charge in [-0.05, 0) is 0 Å². The molecule has 0 bridgehead atoms. The number of carbonyl (C=O) groups is 2. The van der Waals surface area contributed by atoms with Gasteiger partial charge in [-0.2, -0.15) is 0 Å². The fourth-order valence-corrected chi connectivity index (χ4v) is 1.08. The first-order valence-corrected chi connectivity index (χ1v) is 4.04. The number of hydrogen-bond acceptors (Lipinski definition) is 3. The molecule has 66 valence electrons. The van der Waals surface area contributed by atoms with E-state index in [1.54, 1.807) is 30.3 Å². The van der Waals surface area contributed by atoms with E-state index in [9.17, 15) is 9.59 Å². The van der Waals surface area contributed by atoms with Crippen molar-refractivity contribution in [2.45, 2.75) is 6.10 Å². The van der Waals surface area contributed by atoms with Gasteiger partial charge in [-0.3, -0.25) is 9.59 Å². The number of ketones is 2. The van der Waals surface area contributed by atoms with Crippen LogP contribution in [-0.2, 0) is 9.53 Å². The van der Waals surface area contributed by atoms with E-state index in [1.807, 2.05) is 0 Å². The number of hydrogen-bond donors (Lipinski definition) is 0. The summed E-state index contributed by atoms with van der Waals surface area (Å²) in [6, 6.07) is 8.52. The van der Waals surface area contributed by atoms with Crippen molar-refractivity contribution in [2.24, 2.45) is 0 Å². The van der Waals surface area contributed by atoms with Gasteiger partial charge < -0.3 is 4.74 Å². The zero-order valence-electron chi connectivity index (χ0n) is 6.90. The van der Waals surface area contributed by atoms with Gasteiger partial charge in [-0.15, -0.1) is 0 Å². The number of carbonyl (C=O) groups excluding carboxylic acids is 2. The fourth-order valence-electron chi connectivity index (χ4n) is 1.08. The monoisotopic (exact) mass is 176 g/mol. The highest BCUT2D eigenvalue weighted by Gasteiger charge is 2.36. The second kappa shape index (κ2) is 3.11. The van der Waals surface area contributed by atoms with Crippen LogP contribution in [0.25, 0.3) is 0 Å². The average Bonchev–Trinajstić information content (AvgIpc) is 3.00. The Morgan fingerprint density at radius 2 is 1.85 bits per heavy atom. The lowest BCUT2D eigenvalue weighted by molar-refractivity contribution is -0.116. The predicted octanol–water partition coefficient (Wildman–Crippen LogP) is 0.837. The van der Waals surface area contributed by atoms with E-state index in [4.69, 9.17) is 4.74 Å². The summed E-state index contributed by atoms with van der Waals surface area (Å²) in [7, 11) is 0. The molecule has 0 aromatic heterocycles. The second-order valence-electron chi connectivity index (χ2n) is 2.88. The largest absolute Gasteiger partial charge is 0.364 e. The Bertz CT molecular complexity index is 338. The van der Waals surface area contributed by atoms with Crippen molar-refractivity contribution < 1.29 is 14.3 Å². The molecule has 2 rings (SSSR count). The Hall–Kier alpha value is -1.48. The molecule has 1 saturated heterocycles. The third-order valence-corrected chi connectivity index (χ3v) is 1.89. The molecule has 1 aromatic carbocycles. The fraction of sp³-hybridized carbons (Fsp3) is 0.200. The van der Waals surface area contributed by atoms with Crippen molar-refractivity contribution in [2.75, 3.05) is 6.61 Å². The minimum Gasteiger partial charge on any atom is -0.364 e. The van der Waals surface area contributed by atoms with Gasteiger partial charge in [0.15, 0.2) is 0 Å². The predicted molar refractivity (Wildman–Crippen MR) is 45.5 cm³/mol. The maximum atomic E-state index is 11.4. The van der Waals surface area contributed by atoms with Crippen molar-refractivity contribution in [1.29, 1.82) is 0 Å². The molecule has 1 unspecified atom stereocenters. The summed E-state index contributed by atoms with van der Waals surface area (Å²) in [6.45, 7) is 0.386. The first kappa shape index (κ1) is 8.13. The van der Waals surface area contributed by atoms with Gasteiger partial charge in [0, 0.05) is 5.56 Å². The zero-order valence-corrected chi connectivity index (χ0v) is 6.90. The van der Waals surface area contributed by atoms with E-state index in [-0.39, 0.29) is 0 Å². The molecule has 0 N–H and O–H groups in total. The molecule has 3 nitrogen and oxygen atoms in total. The lowest BCUT2D eigenvalue weighted by Crippen LogP contribution is -2.19. The van der Waals surface area contributed by atoms with Crippen molar-refractivity contribution in [3.05, 3.63) is 35.9 Å². The molecule has 1 aliphatic heterocycles. The maximum absolute atomic E-state index is 11.4. The maximum Gasteiger partial charge on any atom is 0.234 e. The Balaban J connectivity index is 2.17. The first-order chi connectivity index (χ1) is 6.29. The Morgan fingerprint density at radius 1 is 1.23 bits per heavy atom. The quantitative estimate of drug-likeness (QED) is 0.389. The van der Waals surface area contributed by atoms with Gasteiger partial charge in [0.2, 0.25) is 11.6 Å². The number of rotatable bonds is 3. The normalized spacial score (nSPS) is 19.5. The van der Waals surface area contributed by atoms with Crippen molar-refractivity contribution in [3.63, 3.8) is 0 Å². The lowest BCUT2D eigenvalue weighted by atomic mass is 10.1. The molecule has 13 heavy (non-hydrogen) atoms. The summed E-state index contributed by atoms with van der Waals surface area (Å²) in [5, 5.41) is 0. The summed E-state index contributed by atoms with van der Waals surface area (Å²) < 4.78 is 4.74. The third-order valence-electron chi connectivity index (χ3n) is 1.89. The average molecular weight is 176 g/mol. The molecule has 1 aromatic rings. The van der Waals surface area contributed by atoms with E-state index in [0.29, 0.717) is 12.2 Å². The number of ether oxygens (including phenoxy) is 1. The van der Waals surface area contributed by atoms with E-state index in [1.165, 1.54) is 0 Å². The standard InChI is InChI=1S/C10H8O3/c11-9(10(12)8-6-13-8)7-4-2-1-3-5-7/h1-5,8H,6H2. The van der Waals surface area contributed by atoms with Crippen LogP contribution in [0.2, 0.25) is 0 Å². The molecule has 0 amide bonds. The van der Waals surface area contributed by atoms with E-state index in [0.717, 1.165) is 0 Å². The molecule has 1 aliphatic rings. The second-order valence-corrected chi connectivity index (χ2v) is 2.88. The molecule has 1 atom stereocenters. The molecule has 1 heterocycles. The van der Waals surface area contributed by atoms with Crippen molar-refractivity contribution in [3.8, 4) is 0 Å². The molecule has 1 fully saturated rings. The number of epoxide rings is 1. The highest BCUT2D eigenvalue weighted by Crippen LogP contribution is 2.13. The smallest absolute Gasteiger partial charge is 0.234 e. The number of Topliss-reactive ketones (excluding diaryl/α,β-unsaturated/α-hetero) is 2. The highest BCUT2D eigenvalue weighted by molar-refractivity contribution is 6.45. The van der Waals surface area contributed by atoms with Crippen LogP contribution >= 0.6 is 0 Å². The van der Waals surface area contributed by atoms with Gasteiger partial charge >= 0.3 is 0 Å². The van der Waals surface area contributed by atoms with Gasteiger partial charge in [-0.25, -0.2) is 0 Å². The van der Waals surface area contributed by atoms with Crippen molar-refractivity contribution in [1.82, 2.24) is 0 Å². The molecule has 0 radical (unpaired) electrons. The lowest BCUT2D eigenvalue weighted by Gasteiger charge is -1.95. The summed E-state index contributed by atoms with van der Waals surface area (Å²) in [5.41, 5.74) is 0.433. The van der Waals surface area contributed by atoms with Crippen LogP contribution in [0, 0.1) is 0 Å². The third kappa shape index (κ3) is 1.65. The van der Waals surface area contributed by atoms with E-state index < -0.39 is 17.7 Å². The van der Waals surface area contributed by atoms with E-state index >= 15 is 0 Å². The Labute approximate surface area is 75.3 Å². The van der Waals surface area contributed by atoms with Gasteiger partial charge in [0.25, 0.3) is 0 Å². The molecular formula is C10H8O3. The Morgan fingerprint density at radius 3 is 2.38 bits per heavy atom. The van der Waals surface area contributed by atoms with E-state index in [2.05, 4.69) is 0 Å². The highest BCUT2D eigenvalue weighted by atomic mass is 16.6. The van der Waals surface area contributed by atoms with Crippen molar-refractivity contribution >= 4 is 11.6 Å². The summed E-state index contributed by atoms with van der Waals surface area (Å²) in [4.78, 5) is 22.6. The topological polar surface area (TPSA) is 46.7 Å². The molecular weight excluding hydrogens is 168 g/mol. The Kier molecular flexibility index (Phi) is 1.94. The molecule has 0 spiro atoms. The molecule has 0 aliphatic carbocycles. The van der Waals surface area contributed by atoms with Crippen LogP contribution in [0.4, 0.5) is 0 Å². The van der Waals surface area contributed by atoms with Crippen LogP contribution in [0.3, 0.4) is 0 Å². The first-order valence-electron chi connectivity index (χ1n) is 4.04. The van der Waals surface area contributed by atoms with Gasteiger partial charge in [-0.1, -0.05) is 30.3 Å². The minimum absolute atomic E-state index is 0.386. The van der Waals surface area contributed by atoms with Crippen LogP contribution in [0.5, 0.6) is 0 Å². The molecule has 0 saturated carbocycles. The summed E-state index contributed by atoms with van der Waals surface area (Å²) in [6.07, 6.45) is -0.479. The summed E-state index contributed by atoms with van der Waals surface area (Å²) in [5.74, 6) is -0.894. The van der Waals surface area contributed by atoms with Crippen LogP contribution < -0.4 is 0 Å². The summed E-state index contributed by atoms with van der Waals surface area (Å²) >= 11 is 0. The zero-order chi connectivity index (χ0) is 9.26. The van der Waals surface area contributed by atoms with Gasteiger partial charge in [0.05, 0.1) is 6.61 Å². The molecule has 3 heteroatoms.